The van der Waals surface area contributed by atoms with Crippen molar-refractivity contribution in [3.05, 3.63) is 47.0 Å². The van der Waals surface area contributed by atoms with Gasteiger partial charge in [-0.3, -0.25) is 9.59 Å². The summed E-state index contributed by atoms with van der Waals surface area (Å²) in [5.41, 5.74) is -8.59. The summed E-state index contributed by atoms with van der Waals surface area (Å²) in [7, 11) is 2.80. The Morgan fingerprint density at radius 2 is 1.64 bits per heavy atom. The smallest absolute Gasteiger partial charge is 0.410 e. The average molecular weight is 859 g/mol. The number of alkyl carbamates (subject to hydrolysis) is 1. The molecule has 1 aliphatic heterocycles. The van der Waals surface area contributed by atoms with Gasteiger partial charge in [0.1, 0.15) is 29.5 Å². The topological polar surface area (TPSA) is 234 Å². The van der Waals surface area contributed by atoms with Gasteiger partial charge in [-0.25, -0.2) is 19.2 Å². The van der Waals surface area contributed by atoms with Gasteiger partial charge in [0.2, 0.25) is 0 Å². The Hall–Kier alpha value is -4.58. The fraction of sp³-hybridized carbons (Fsp3) is 0.682. The molecule has 2 amide bonds. The number of aliphatic hydroxyl groups is 3. The van der Waals surface area contributed by atoms with E-state index < -0.39 is 119 Å². The predicted octanol–water partition coefficient (Wildman–Crippen LogP) is 3.64. The summed E-state index contributed by atoms with van der Waals surface area (Å²) < 4.78 is 35.8. The second kappa shape index (κ2) is 16.9. The number of esters is 3. The van der Waals surface area contributed by atoms with E-state index in [9.17, 15) is 39.3 Å². The van der Waals surface area contributed by atoms with Crippen molar-refractivity contribution in [2.45, 2.75) is 148 Å². The van der Waals surface area contributed by atoms with Gasteiger partial charge in [-0.05, 0) is 70.2 Å². The number of hydrogen-bond donors (Lipinski definition) is 4. The molecule has 17 heteroatoms. The predicted molar refractivity (Wildman–Crippen MR) is 216 cm³/mol. The van der Waals surface area contributed by atoms with Crippen LogP contribution in [-0.4, -0.2) is 136 Å². The minimum atomic E-state index is -2.39. The van der Waals surface area contributed by atoms with Crippen molar-refractivity contribution in [2.24, 2.45) is 22.7 Å². The van der Waals surface area contributed by atoms with Crippen molar-refractivity contribution in [2.75, 3.05) is 20.7 Å². The lowest BCUT2D eigenvalue weighted by atomic mass is 9.44. The molecular weight excluding hydrogens is 796 g/mol. The SMILES string of the molecule is CC(=O)O[C@@]12CO[C@@H]1C[C@H](O)[C@@]1(C)C(=O)[C@H](OC(=O)N(C)C)C3=C(C)[C@@H](OC(=O)[C@H](O)[C@H](CC(C)C)NC(=O)OC(C)(C)C)C[C@@](O)([C@@H](OC(=O)c4ccccc4)[C@H]21)C3(C)C. The first kappa shape index (κ1) is 47.5. The molecule has 17 nitrogen and oxygen atoms in total. The molecule has 0 spiro atoms. The van der Waals surface area contributed by atoms with Crippen molar-refractivity contribution in [1.82, 2.24) is 10.2 Å². The third-order valence-corrected chi connectivity index (χ3v) is 12.8. The normalized spacial score (nSPS) is 32.6. The zero-order valence-corrected chi connectivity index (χ0v) is 37.1. The molecule has 11 atom stereocenters. The lowest BCUT2D eigenvalue weighted by molar-refractivity contribution is -0.345. The number of nitrogens with zero attached hydrogens (tertiary/aromatic N) is 1. The lowest BCUT2D eigenvalue weighted by Crippen LogP contribution is -2.82. The second-order valence-corrected chi connectivity index (χ2v) is 19.2. The number of carbonyl (C=O) groups excluding carboxylic acids is 6. The minimum absolute atomic E-state index is 0.0134. The number of aliphatic hydroxyl groups excluding tert-OH is 2. The number of fused-ring (bicyclic) bond motifs is 5. The van der Waals surface area contributed by atoms with E-state index in [-0.39, 0.29) is 42.1 Å². The highest BCUT2D eigenvalue weighted by molar-refractivity contribution is 5.95. The molecule has 0 radical (unpaired) electrons. The first-order valence-corrected chi connectivity index (χ1v) is 20.6. The van der Waals surface area contributed by atoms with Crippen LogP contribution in [0.5, 0.6) is 0 Å². The van der Waals surface area contributed by atoms with E-state index in [0.717, 1.165) is 11.8 Å². The van der Waals surface area contributed by atoms with Crippen molar-refractivity contribution >= 4 is 35.9 Å². The van der Waals surface area contributed by atoms with Crippen molar-refractivity contribution in [3.8, 4) is 0 Å². The third kappa shape index (κ3) is 8.62. The maximum atomic E-state index is 15.6. The zero-order chi connectivity index (χ0) is 45.8. The fourth-order valence-corrected chi connectivity index (χ4v) is 9.67. The fourth-order valence-electron chi connectivity index (χ4n) is 9.67. The second-order valence-electron chi connectivity index (χ2n) is 19.2. The van der Waals surface area contributed by atoms with E-state index >= 15 is 4.79 Å². The molecular formula is C44H62N2O15. The van der Waals surface area contributed by atoms with Crippen LogP contribution in [0.3, 0.4) is 0 Å². The summed E-state index contributed by atoms with van der Waals surface area (Å²) in [6.45, 7) is 15.5. The van der Waals surface area contributed by atoms with E-state index in [1.165, 1.54) is 40.1 Å². The first-order valence-electron chi connectivity index (χ1n) is 20.6. The molecule has 1 aromatic carbocycles. The Bertz CT molecular complexity index is 1920. The van der Waals surface area contributed by atoms with Gasteiger partial charge in [0, 0.05) is 39.3 Å². The molecule has 0 unspecified atom stereocenters. The molecule has 1 aromatic rings. The molecule has 338 valence electrons. The Morgan fingerprint density at radius 1 is 1.02 bits per heavy atom. The van der Waals surface area contributed by atoms with Crippen LogP contribution in [0, 0.1) is 22.7 Å². The molecule has 3 aliphatic carbocycles. The van der Waals surface area contributed by atoms with Gasteiger partial charge in [0.15, 0.2) is 23.6 Å². The molecule has 61 heavy (non-hydrogen) atoms. The molecule has 0 aromatic heterocycles. The van der Waals surface area contributed by atoms with E-state index in [1.54, 1.807) is 52.8 Å². The lowest BCUT2D eigenvalue weighted by Gasteiger charge is -2.67. The van der Waals surface area contributed by atoms with Crippen LogP contribution in [-0.2, 0) is 42.8 Å². The average Bonchev–Trinajstić information content (AvgIpc) is 3.14. The number of ether oxygens (including phenoxy) is 6. The summed E-state index contributed by atoms with van der Waals surface area (Å²) in [4.78, 5) is 84.5. The van der Waals surface area contributed by atoms with Crippen molar-refractivity contribution in [3.63, 3.8) is 0 Å². The number of Topliss-reactive ketones (excluding diaryl/α,β-unsaturated/α-hetero) is 1. The number of ketones is 1. The number of benzene rings is 1. The van der Waals surface area contributed by atoms with E-state index in [2.05, 4.69) is 5.32 Å². The van der Waals surface area contributed by atoms with Gasteiger partial charge in [-0.1, -0.05) is 45.9 Å². The van der Waals surface area contributed by atoms with Gasteiger partial charge >= 0.3 is 30.1 Å². The van der Waals surface area contributed by atoms with Crippen molar-refractivity contribution < 1.29 is 72.5 Å². The standard InChI is InChI=1S/C44H62N2O15/c1-22(2)18-26(45-38(53)61-40(5,6)7)31(49)37(52)57-27-20-44(55)35(59-36(51)25-16-14-13-15-17-25)33-42(10,28(48)19-29-43(33,21-56-29)60-24(4)47)34(50)32(58-39(54)46(11)12)30(23(27)3)41(44,8)9/h13-17,22,26-29,31-33,35,48-49,55H,18-21H2,1-12H3,(H,45,53)/t26-,27-,28-,29+,31+,32+,33-,35-,42+,43-,44+/m0/s1. The number of rotatable bonds is 10. The van der Waals surface area contributed by atoms with Crippen LogP contribution < -0.4 is 5.32 Å². The van der Waals surface area contributed by atoms with Gasteiger partial charge in [0.05, 0.1) is 35.6 Å². The Morgan fingerprint density at radius 3 is 2.16 bits per heavy atom. The molecule has 5 rings (SSSR count). The number of hydrogen-bond acceptors (Lipinski definition) is 15. The summed E-state index contributed by atoms with van der Waals surface area (Å²) in [6, 6.07) is 6.65. The van der Waals surface area contributed by atoms with E-state index in [4.69, 9.17) is 28.4 Å². The quantitative estimate of drug-likeness (QED) is 0.149. The highest BCUT2D eigenvalue weighted by atomic mass is 16.6. The van der Waals surface area contributed by atoms with Crippen LogP contribution >= 0.6 is 0 Å². The molecule has 2 saturated carbocycles. The minimum Gasteiger partial charge on any atom is -0.456 e. The Kier molecular flexibility index (Phi) is 13.2. The molecule has 4 aliphatic rings. The van der Waals surface area contributed by atoms with Crippen LogP contribution in [0.4, 0.5) is 9.59 Å². The van der Waals surface area contributed by atoms with Gasteiger partial charge < -0.3 is 54.0 Å². The molecule has 3 fully saturated rings. The number of carbonyl (C=O) groups is 6. The maximum Gasteiger partial charge on any atom is 0.410 e. The maximum absolute atomic E-state index is 15.6. The van der Waals surface area contributed by atoms with Crippen LogP contribution in [0.1, 0.15) is 98.9 Å². The summed E-state index contributed by atoms with van der Waals surface area (Å²) >= 11 is 0. The van der Waals surface area contributed by atoms with Gasteiger partial charge in [0.25, 0.3) is 0 Å². The van der Waals surface area contributed by atoms with E-state index in [0.29, 0.717) is 0 Å². The summed E-state index contributed by atoms with van der Waals surface area (Å²) in [6.07, 6.45) is -12.2. The highest BCUT2D eigenvalue weighted by Crippen LogP contribution is 2.64. The largest absolute Gasteiger partial charge is 0.456 e. The zero-order valence-electron chi connectivity index (χ0n) is 37.1. The Labute approximate surface area is 356 Å². The van der Waals surface area contributed by atoms with Crippen LogP contribution in [0.15, 0.2) is 41.5 Å². The molecule has 1 heterocycles. The van der Waals surface area contributed by atoms with Crippen LogP contribution in [0.25, 0.3) is 0 Å². The molecule has 4 N–H and O–H groups in total. The first-order chi connectivity index (χ1) is 28.1. The van der Waals surface area contributed by atoms with Crippen LogP contribution in [0.2, 0.25) is 0 Å². The number of amides is 2. The third-order valence-electron chi connectivity index (χ3n) is 12.8. The van der Waals surface area contributed by atoms with E-state index in [1.807, 2.05) is 13.8 Å². The van der Waals surface area contributed by atoms with Crippen molar-refractivity contribution in [1.29, 1.82) is 0 Å². The monoisotopic (exact) mass is 858 g/mol. The van der Waals surface area contributed by atoms with Gasteiger partial charge in [-0.15, -0.1) is 0 Å². The van der Waals surface area contributed by atoms with Gasteiger partial charge in [-0.2, -0.15) is 0 Å². The summed E-state index contributed by atoms with van der Waals surface area (Å²) in [5.74, 6) is -5.49. The molecule has 2 bridgehead atoms. The Balaban J connectivity index is 1.75. The highest BCUT2D eigenvalue weighted by Gasteiger charge is 2.78. The summed E-state index contributed by atoms with van der Waals surface area (Å²) in [5, 5.41) is 39.9. The number of nitrogens with one attached hydrogen (secondary N) is 1. The molecule has 1 saturated heterocycles.